The third-order valence-corrected chi connectivity index (χ3v) is 5.60. The third kappa shape index (κ3) is 5.20. The molecule has 0 bridgehead atoms. The lowest BCUT2D eigenvalue weighted by Gasteiger charge is -2.29. The van der Waals surface area contributed by atoms with E-state index in [4.69, 9.17) is 22.4 Å². The molecule has 166 valence electrons. The number of carbonyl (C=O) groups is 3. The fraction of sp³-hybridized carbons (Fsp3) is 0.400. The number of nitrogens with one attached hydrogen (secondary N) is 2. The molecule has 0 atom stereocenters. The van der Waals surface area contributed by atoms with E-state index < -0.39 is 17.6 Å². The molecule has 5 N–H and O–H groups in total. The fourth-order valence-corrected chi connectivity index (χ4v) is 3.96. The summed E-state index contributed by atoms with van der Waals surface area (Å²) in [5.74, 6) is -2.34. The number of hydrogen-bond acceptors (Lipinski definition) is 5. The number of nitrogens with two attached hydrogens (primary N) is 1. The summed E-state index contributed by atoms with van der Waals surface area (Å²) in [6, 6.07) is 3.62. The number of primary amides is 1. The van der Waals surface area contributed by atoms with Gasteiger partial charge < -0.3 is 26.0 Å². The van der Waals surface area contributed by atoms with E-state index in [0.29, 0.717) is 31.4 Å². The number of amides is 3. The molecule has 0 unspecified atom stereocenters. The lowest BCUT2D eigenvalue weighted by molar-refractivity contribution is -0.121. The summed E-state index contributed by atoms with van der Waals surface area (Å²) in [4.78, 5) is 40.8. The predicted molar refractivity (Wildman–Crippen MR) is 111 cm³/mol. The smallest absolute Gasteiger partial charge is 0.272 e. The summed E-state index contributed by atoms with van der Waals surface area (Å²) in [6.45, 7) is -0.213. The molecule has 9 nitrogen and oxygen atoms in total. The van der Waals surface area contributed by atoms with E-state index in [-0.39, 0.29) is 47.4 Å². The van der Waals surface area contributed by atoms with Crippen molar-refractivity contribution in [2.75, 3.05) is 18.5 Å². The Balaban J connectivity index is 1.66. The number of aliphatic hydroxyl groups excluding tert-OH is 1. The number of imidazole rings is 1. The van der Waals surface area contributed by atoms with Gasteiger partial charge in [0.25, 0.3) is 11.8 Å². The van der Waals surface area contributed by atoms with Crippen LogP contribution in [-0.4, -0.2) is 45.5 Å². The van der Waals surface area contributed by atoms with Crippen LogP contribution < -0.4 is 16.4 Å². The molecule has 11 heteroatoms. The molecule has 0 aliphatic heterocycles. The number of nitrogens with zero attached hydrogens (tertiary/aromatic N) is 2. The number of benzene rings is 1. The highest BCUT2D eigenvalue weighted by molar-refractivity contribution is 6.33. The third-order valence-electron chi connectivity index (χ3n) is 5.29. The molecule has 3 amide bonds. The predicted octanol–water partition coefficient (Wildman–Crippen LogP) is 1.87. The molecule has 1 aromatic heterocycles. The highest BCUT2D eigenvalue weighted by Gasteiger charge is 2.31. The van der Waals surface area contributed by atoms with Crippen molar-refractivity contribution >= 4 is 35.0 Å². The number of halogens is 2. The minimum absolute atomic E-state index is 0.00133. The maximum absolute atomic E-state index is 13.2. The van der Waals surface area contributed by atoms with E-state index >= 15 is 0 Å². The SMILES string of the molecule is NC(=O)c1c(C(=O)NCCO)ncn1[C@H]1CC[C@H](C(=O)Nc2ccc(F)cc2Cl)CC1. The van der Waals surface area contributed by atoms with E-state index in [1.165, 1.54) is 18.5 Å². The molecule has 1 aliphatic carbocycles. The summed E-state index contributed by atoms with van der Waals surface area (Å²) in [5.41, 5.74) is 5.74. The van der Waals surface area contributed by atoms with Gasteiger partial charge in [0.1, 0.15) is 11.5 Å². The highest BCUT2D eigenvalue weighted by Crippen LogP contribution is 2.34. The number of rotatable bonds is 7. The molecule has 1 saturated carbocycles. The first-order valence-corrected chi connectivity index (χ1v) is 10.2. The zero-order valence-corrected chi connectivity index (χ0v) is 17.4. The van der Waals surface area contributed by atoms with Crippen LogP contribution in [0.5, 0.6) is 0 Å². The summed E-state index contributed by atoms with van der Waals surface area (Å²) in [7, 11) is 0. The Hall–Kier alpha value is -2.98. The Morgan fingerprint density at radius 2 is 1.97 bits per heavy atom. The van der Waals surface area contributed by atoms with Crippen LogP contribution in [0.25, 0.3) is 0 Å². The maximum atomic E-state index is 13.2. The van der Waals surface area contributed by atoms with Gasteiger partial charge in [-0.15, -0.1) is 0 Å². The first-order chi connectivity index (χ1) is 14.8. The molecule has 31 heavy (non-hydrogen) atoms. The van der Waals surface area contributed by atoms with Crippen LogP contribution >= 0.6 is 11.6 Å². The monoisotopic (exact) mass is 451 g/mol. The highest BCUT2D eigenvalue weighted by atomic mass is 35.5. The van der Waals surface area contributed by atoms with Gasteiger partial charge in [0.2, 0.25) is 5.91 Å². The standard InChI is InChI=1S/C20H23ClFN5O4/c21-14-9-12(22)3-6-15(14)26-19(30)11-1-4-13(5-2-11)27-10-25-16(17(27)18(23)29)20(31)24-7-8-28/h3,6,9-11,13,28H,1-2,4-5,7-8H2,(H2,23,29)(H,24,31)(H,26,30)/t11-,13-. The van der Waals surface area contributed by atoms with Crippen molar-refractivity contribution in [3.63, 3.8) is 0 Å². The van der Waals surface area contributed by atoms with Crippen LogP contribution in [0.4, 0.5) is 10.1 Å². The molecule has 1 aliphatic rings. The molecular formula is C20H23ClFN5O4. The number of hydrogen-bond donors (Lipinski definition) is 4. The second-order valence-electron chi connectivity index (χ2n) is 7.31. The van der Waals surface area contributed by atoms with Gasteiger partial charge in [0.05, 0.1) is 23.6 Å². The maximum Gasteiger partial charge on any atom is 0.272 e. The lowest BCUT2D eigenvalue weighted by Crippen LogP contribution is -2.32. The van der Waals surface area contributed by atoms with Crippen molar-refractivity contribution in [3.8, 4) is 0 Å². The molecule has 1 aromatic carbocycles. The molecule has 1 heterocycles. The number of carbonyl (C=O) groups excluding carboxylic acids is 3. The zero-order valence-electron chi connectivity index (χ0n) is 16.6. The van der Waals surface area contributed by atoms with E-state index in [9.17, 15) is 18.8 Å². The number of aromatic nitrogens is 2. The van der Waals surface area contributed by atoms with Crippen LogP contribution in [0.3, 0.4) is 0 Å². The van der Waals surface area contributed by atoms with Gasteiger partial charge >= 0.3 is 0 Å². The lowest BCUT2D eigenvalue weighted by atomic mass is 9.85. The van der Waals surface area contributed by atoms with Gasteiger partial charge in [-0.1, -0.05) is 11.6 Å². The van der Waals surface area contributed by atoms with E-state index in [1.54, 1.807) is 4.57 Å². The first kappa shape index (κ1) is 22.7. The zero-order chi connectivity index (χ0) is 22.5. The average Bonchev–Trinajstić information content (AvgIpc) is 3.19. The molecule has 0 radical (unpaired) electrons. The number of anilines is 1. The Morgan fingerprint density at radius 1 is 1.26 bits per heavy atom. The van der Waals surface area contributed by atoms with Crippen molar-refractivity contribution in [2.24, 2.45) is 11.7 Å². The van der Waals surface area contributed by atoms with E-state index in [0.717, 1.165) is 6.07 Å². The van der Waals surface area contributed by atoms with Gasteiger partial charge in [-0.2, -0.15) is 0 Å². The largest absolute Gasteiger partial charge is 0.395 e. The molecule has 1 fully saturated rings. The topological polar surface area (TPSA) is 139 Å². The van der Waals surface area contributed by atoms with Gasteiger partial charge in [0.15, 0.2) is 5.69 Å². The Morgan fingerprint density at radius 3 is 2.58 bits per heavy atom. The molecule has 0 spiro atoms. The summed E-state index contributed by atoms with van der Waals surface area (Å²) in [5, 5.41) is 14.2. The Kier molecular flexibility index (Phi) is 7.24. The van der Waals surface area contributed by atoms with E-state index in [2.05, 4.69) is 15.6 Å². The summed E-state index contributed by atoms with van der Waals surface area (Å²) < 4.78 is 14.8. The minimum atomic E-state index is -0.780. The summed E-state index contributed by atoms with van der Waals surface area (Å²) in [6.07, 6.45) is 3.62. The van der Waals surface area contributed by atoms with Crippen LogP contribution in [0.15, 0.2) is 24.5 Å². The van der Waals surface area contributed by atoms with Crippen LogP contribution in [-0.2, 0) is 4.79 Å². The molecule has 3 rings (SSSR count). The van der Waals surface area contributed by atoms with Crippen LogP contribution in [0.2, 0.25) is 5.02 Å². The first-order valence-electron chi connectivity index (χ1n) is 9.83. The average molecular weight is 452 g/mol. The Bertz CT molecular complexity index is 988. The number of aliphatic hydroxyl groups is 1. The molecule has 0 saturated heterocycles. The van der Waals surface area contributed by atoms with Crippen molar-refractivity contribution < 1.29 is 23.9 Å². The Labute approximate surface area is 182 Å². The normalized spacial score (nSPS) is 18.4. The van der Waals surface area contributed by atoms with Gasteiger partial charge in [-0.3, -0.25) is 14.4 Å². The van der Waals surface area contributed by atoms with Crippen molar-refractivity contribution in [2.45, 2.75) is 31.7 Å². The quantitative estimate of drug-likeness (QED) is 0.508. The summed E-state index contributed by atoms with van der Waals surface area (Å²) >= 11 is 5.97. The van der Waals surface area contributed by atoms with Crippen molar-refractivity contribution in [3.05, 3.63) is 46.8 Å². The van der Waals surface area contributed by atoms with Gasteiger partial charge in [-0.25, -0.2) is 9.37 Å². The van der Waals surface area contributed by atoms with Gasteiger partial charge in [-0.05, 0) is 43.9 Å². The second-order valence-corrected chi connectivity index (χ2v) is 7.72. The van der Waals surface area contributed by atoms with Gasteiger partial charge in [0, 0.05) is 18.5 Å². The van der Waals surface area contributed by atoms with Crippen LogP contribution in [0.1, 0.15) is 52.7 Å². The van der Waals surface area contributed by atoms with E-state index in [1.807, 2.05) is 0 Å². The van der Waals surface area contributed by atoms with Crippen molar-refractivity contribution in [1.82, 2.24) is 14.9 Å². The minimum Gasteiger partial charge on any atom is -0.395 e. The molecular weight excluding hydrogens is 429 g/mol. The second kappa shape index (κ2) is 9.88. The van der Waals surface area contributed by atoms with Crippen LogP contribution in [0, 0.1) is 11.7 Å². The fourth-order valence-electron chi connectivity index (χ4n) is 3.74. The molecule has 2 aromatic rings. The van der Waals surface area contributed by atoms with Crippen molar-refractivity contribution in [1.29, 1.82) is 0 Å².